The summed E-state index contributed by atoms with van der Waals surface area (Å²) in [6.07, 6.45) is 0.657. The second-order valence-electron chi connectivity index (χ2n) is 5.38. The molecule has 0 saturated carbocycles. The van der Waals surface area contributed by atoms with Gasteiger partial charge in [0, 0.05) is 22.4 Å². The summed E-state index contributed by atoms with van der Waals surface area (Å²) in [5, 5.41) is 2.94. The van der Waals surface area contributed by atoms with Gasteiger partial charge in [-0.3, -0.25) is 4.79 Å². The van der Waals surface area contributed by atoms with Crippen molar-refractivity contribution in [1.82, 2.24) is 14.9 Å². The van der Waals surface area contributed by atoms with Crippen LogP contribution in [0.2, 0.25) is 0 Å². The molecule has 4 nitrogen and oxygen atoms in total. The molecule has 0 bridgehead atoms. The predicted molar refractivity (Wildman–Crippen MR) is 94.7 cm³/mol. The lowest BCUT2D eigenvalue weighted by Gasteiger charge is -2.11. The number of aromatic nitrogens is 2. The molecule has 1 amide bonds. The van der Waals surface area contributed by atoms with Gasteiger partial charge in [-0.1, -0.05) is 13.8 Å². The minimum Gasteiger partial charge on any atom is -0.354 e. The number of carbonyl (C=O) groups is 1. The number of carbonyl (C=O) groups excluding carboxylic acids is 1. The Labute approximate surface area is 143 Å². The summed E-state index contributed by atoms with van der Waals surface area (Å²) < 4.78 is 3.09. The maximum absolute atomic E-state index is 12.1. The van der Waals surface area contributed by atoms with E-state index in [0.29, 0.717) is 24.8 Å². The summed E-state index contributed by atoms with van der Waals surface area (Å²) in [7, 11) is 0. The molecule has 6 heteroatoms. The van der Waals surface area contributed by atoms with Crippen molar-refractivity contribution in [3.8, 4) is 0 Å². The average Bonchev–Trinajstić information content (AvgIpc) is 2.74. The molecule has 114 valence electrons. The fraction of sp³-hybridized carbons (Fsp3) is 0.467. The van der Waals surface area contributed by atoms with Crippen LogP contribution in [0.3, 0.4) is 0 Å². The molecule has 1 heterocycles. The molecule has 21 heavy (non-hydrogen) atoms. The molecule has 0 saturated heterocycles. The topological polar surface area (TPSA) is 46.9 Å². The summed E-state index contributed by atoms with van der Waals surface area (Å²) in [6, 6.07) is 6.06. The summed E-state index contributed by atoms with van der Waals surface area (Å²) in [5.41, 5.74) is 1.90. The summed E-state index contributed by atoms with van der Waals surface area (Å²) in [5.74, 6) is 1.81. The van der Waals surface area contributed by atoms with Gasteiger partial charge in [0.1, 0.15) is 12.4 Å². The molecular formula is C15H19ClIN3O. The number of halogens is 2. The number of nitrogens with one attached hydrogen (secondary N) is 1. The van der Waals surface area contributed by atoms with Crippen LogP contribution in [0.4, 0.5) is 0 Å². The van der Waals surface area contributed by atoms with Crippen LogP contribution in [-0.4, -0.2) is 27.9 Å². The SMILES string of the molecule is CC(C)CNC(=O)Cn1c(CCCl)nc2cc(I)ccc21. The smallest absolute Gasteiger partial charge is 0.240 e. The quantitative estimate of drug-likeness (QED) is 0.577. The van der Waals surface area contributed by atoms with E-state index in [1.54, 1.807) is 0 Å². The normalized spacial score (nSPS) is 11.3. The standard InChI is InChI=1S/C15H19ClIN3O/c1-10(2)8-18-15(21)9-20-13-4-3-11(17)7-12(13)19-14(20)5-6-16/h3-4,7,10H,5-6,8-9H2,1-2H3,(H,18,21). The van der Waals surface area contributed by atoms with Crippen molar-refractivity contribution in [2.45, 2.75) is 26.8 Å². The van der Waals surface area contributed by atoms with Gasteiger partial charge in [-0.25, -0.2) is 4.98 Å². The van der Waals surface area contributed by atoms with Crippen molar-refractivity contribution in [3.63, 3.8) is 0 Å². The van der Waals surface area contributed by atoms with Crippen LogP contribution in [0.15, 0.2) is 18.2 Å². The first-order chi connectivity index (χ1) is 10.0. The van der Waals surface area contributed by atoms with Gasteiger partial charge in [0.05, 0.1) is 11.0 Å². The van der Waals surface area contributed by atoms with Crippen molar-refractivity contribution in [1.29, 1.82) is 0 Å². The van der Waals surface area contributed by atoms with Gasteiger partial charge in [-0.05, 0) is 46.7 Å². The molecule has 0 spiro atoms. The third-order valence-corrected chi connectivity index (χ3v) is 3.98. The molecule has 2 aromatic rings. The summed E-state index contributed by atoms with van der Waals surface area (Å²) in [6.45, 7) is 5.13. The van der Waals surface area contributed by atoms with Crippen molar-refractivity contribution >= 4 is 51.1 Å². The monoisotopic (exact) mass is 419 g/mol. The van der Waals surface area contributed by atoms with E-state index in [4.69, 9.17) is 11.6 Å². The van der Waals surface area contributed by atoms with Crippen molar-refractivity contribution in [2.24, 2.45) is 5.92 Å². The Kier molecular flexibility index (Phi) is 5.87. The molecule has 2 rings (SSSR count). The molecule has 0 aliphatic rings. The van der Waals surface area contributed by atoms with Crippen molar-refractivity contribution in [3.05, 3.63) is 27.6 Å². The highest BCUT2D eigenvalue weighted by Crippen LogP contribution is 2.19. The van der Waals surface area contributed by atoms with Gasteiger partial charge in [0.25, 0.3) is 0 Å². The van der Waals surface area contributed by atoms with Gasteiger partial charge in [0.2, 0.25) is 5.91 Å². The van der Waals surface area contributed by atoms with Crippen LogP contribution in [0.1, 0.15) is 19.7 Å². The van der Waals surface area contributed by atoms with E-state index in [2.05, 4.69) is 46.7 Å². The minimum absolute atomic E-state index is 0.0115. The second kappa shape index (κ2) is 7.45. The average molecular weight is 420 g/mol. The van der Waals surface area contributed by atoms with Gasteiger partial charge >= 0.3 is 0 Å². The molecule has 1 aromatic heterocycles. The number of hydrogen-bond acceptors (Lipinski definition) is 2. The van der Waals surface area contributed by atoms with Crippen LogP contribution < -0.4 is 5.32 Å². The highest BCUT2D eigenvalue weighted by molar-refractivity contribution is 14.1. The van der Waals surface area contributed by atoms with Crippen molar-refractivity contribution < 1.29 is 4.79 Å². The third-order valence-electron chi connectivity index (χ3n) is 3.12. The Morgan fingerprint density at radius 1 is 1.48 bits per heavy atom. The first-order valence-electron chi connectivity index (χ1n) is 6.98. The maximum Gasteiger partial charge on any atom is 0.240 e. The number of benzene rings is 1. The molecule has 0 atom stereocenters. The maximum atomic E-state index is 12.1. The highest BCUT2D eigenvalue weighted by Gasteiger charge is 2.13. The van der Waals surface area contributed by atoms with E-state index in [9.17, 15) is 4.79 Å². The zero-order chi connectivity index (χ0) is 15.4. The number of rotatable bonds is 6. The van der Waals surface area contributed by atoms with E-state index in [1.165, 1.54) is 0 Å². The lowest BCUT2D eigenvalue weighted by Crippen LogP contribution is -2.31. The minimum atomic E-state index is 0.0115. The molecule has 0 radical (unpaired) electrons. The zero-order valence-corrected chi connectivity index (χ0v) is 15.1. The van der Waals surface area contributed by atoms with E-state index in [-0.39, 0.29) is 12.5 Å². The Morgan fingerprint density at radius 3 is 2.90 bits per heavy atom. The number of alkyl halides is 1. The Balaban J connectivity index is 2.27. The number of hydrogen-bond donors (Lipinski definition) is 1. The summed E-state index contributed by atoms with van der Waals surface area (Å²) >= 11 is 8.11. The van der Waals surface area contributed by atoms with E-state index >= 15 is 0 Å². The number of nitrogens with zero attached hydrogens (tertiary/aromatic N) is 2. The van der Waals surface area contributed by atoms with E-state index < -0.39 is 0 Å². The van der Waals surface area contributed by atoms with Crippen LogP contribution in [0, 0.1) is 9.49 Å². The lowest BCUT2D eigenvalue weighted by molar-refractivity contribution is -0.121. The predicted octanol–water partition coefficient (Wildman–Crippen LogP) is 3.19. The van der Waals surface area contributed by atoms with Crippen LogP contribution >= 0.6 is 34.2 Å². The first kappa shape index (κ1) is 16.5. The molecule has 0 fully saturated rings. The van der Waals surface area contributed by atoms with E-state index in [1.807, 2.05) is 22.8 Å². The second-order valence-corrected chi connectivity index (χ2v) is 7.01. The Bertz CT molecular complexity index is 639. The van der Waals surface area contributed by atoms with Gasteiger partial charge in [0.15, 0.2) is 0 Å². The molecule has 0 aliphatic carbocycles. The molecule has 0 unspecified atom stereocenters. The Morgan fingerprint density at radius 2 is 2.24 bits per heavy atom. The Hall–Kier alpha value is -0.820. The third kappa shape index (κ3) is 4.32. The number of imidazole rings is 1. The number of fused-ring (bicyclic) bond motifs is 1. The zero-order valence-electron chi connectivity index (χ0n) is 12.2. The fourth-order valence-electron chi connectivity index (χ4n) is 2.12. The van der Waals surface area contributed by atoms with Crippen LogP contribution in [0.5, 0.6) is 0 Å². The van der Waals surface area contributed by atoms with Gasteiger partial charge in [-0.2, -0.15) is 0 Å². The fourth-order valence-corrected chi connectivity index (χ4v) is 2.77. The first-order valence-corrected chi connectivity index (χ1v) is 8.60. The highest BCUT2D eigenvalue weighted by atomic mass is 127. The number of amides is 1. The molecular weight excluding hydrogens is 401 g/mol. The molecule has 1 N–H and O–H groups in total. The van der Waals surface area contributed by atoms with Gasteiger partial charge < -0.3 is 9.88 Å². The van der Waals surface area contributed by atoms with Gasteiger partial charge in [-0.15, -0.1) is 11.6 Å². The van der Waals surface area contributed by atoms with Crippen LogP contribution in [-0.2, 0) is 17.8 Å². The molecule has 0 aliphatic heterocycles. The largest absolute Gasteiger partial charge is 0.354 e. The summed E-state index contributed by atoms with van der Waals surface area (Å²) in [4.78, 5) is 16.7. The van der Waals surface area contributed by atoms with E-state index in [0.717, 1.165) is 20.4 Å². The number of aryl methyl sites for hydroxylation is 1. The lowest BCUT2D eigenvalue weighted by atomic mass is 10.2. The van der Waals surface area contributed by atoms with Crippen molar-refractivity contribution in [2.75, 3.05) is 12.4 Å². The van der Waals surface area contributed by atoms with Crippen LogP contribution in [0.25, 0.3) is 11.0 Å². The molecule has 1 aromatic carbocycles.